The van der Waals surface area contributed by atoms with Crippen LogP contribution < -0.4 is 10.1 Å². The van der Waals surface area contributed by atoms with Gasteiger partial charge in [-0.15, -0.1) is 0 Å². The molecule has 0 radical (unpaired) electrons. The van der Waals surface area contributed by atoms with E-state index in [0.717, 1.165) is 5.56 Å². The van der Waals surface area contributed by atoms with E-state index >= 15 is 0 Å². The molecular weight excluding hydrogens is 470 g/mol. The Morgan fingerprint density at radius 1 is 0.973 bits per heavy atom. The maximum absolute atomic E-state index is 13.8. The summed E-state index contributed by atoms with van der Waals surface area (Å²) in [4.78, 5) is 42.9. The monoisotopic (exact) mass is 497 g/mol. The number of ether oxygens (including phenoxy) is 1. The fourth-order valence-corrected chi connectivity index (χ4v) is 4.91. The standard InChI is InChI=1S/C29H27N3O5/c1-31(2)15-14-30-29(36)24-21(33)13-12-20-23(24)25-26(28(35)19-10-6-5-9-18(19)27(25)34)32(20)16-17-8-4-7-11-22(17)37-3/h4-13,33H,14-16H2,1-3H3,(H,30,36). The number of likely N-dealkylation sites (N-methyl/N-ethyl adjacent to an activating group) is 1. The lowest BCUT2D eigenvalue weighted by atomic mass is 9.86. The number of carbonyl (C=O) groups excluding carboxylic acids is 3. The maximum atomic E-state index is 13.8. The second-order valence-electron chi connectivity index (χ2n) is 9.24. The van der Waals surface area contributed by atoms with Crippen LogP contribution in [-0.2, 0) is 6.54 Å². The number of methoxy groups -OCH3 is 1. The lowest BCUT2D eigenvalue weighted by Gasteiger charge is -2.18. The molecule has 3 aromatic carbocycles. The van der Waals surface area contributed by atoms with Gasteiger partial charge in [0.1, 0.15) is 17.2 Å². The quantitative estimate of drug-likeness (QED) is 0.357. The molecule has 5 rings (SSSR count). The second kappa shape index (κ2) is 9.55. The molecule has 188 valence electrons. The van der Waals surface area contributed by atoms with Gasteiger partial charge in [0.25, 0.3) is 5.91 Å². The van der Waals surface area contributed by atoms with Crippen LogP contribution in [0.15, 0.2) is 60.7 Å². The maximum Gasteiger partial charge on any atom is 0.255 e. The van der Waals surface area contributed by atoms with Crippen LogP contribution in [0.2, 0.25) is 0 Å². The number of rotatable bonds is 7. The van der Waals surface area contributed by atoms with Crippen molar-refractivity contribution >= 4 is 28.4 Å². The predicted octanol–water partition coefficient (Wildman–Crippen LogP) is 3.47. The van der Waals surface area contributed by atoms with Gasteiger partial charge in [-0.2, -0.15) is 0 Å². The van der Waals surface area contributed by atoms with Gasteiger partial charge < -0.3 is 24.6 Å². The minimum absolute atomic E-state index is 0.0215. The van der Waals surface area contributed by atoms with Crippen molar-refractivity contribution in [3.8, 4) is 11.5 Å². The molecule has 0 bridgehead atoms. The molecule has 0 saturated heterocycles. The first-order valence-electron chi connectivity index (χ1n) is 11.9. The number of phenols is 1. The molecule has 0 spiro atoms. The van der Waals surface area contributed by atoms with Crippen LogP contribution in [-0.4, -0.2) is 66.3 Å². The number of fused-ring (bicyclic) bond motifs is 4. The number of hydrogen-bond donors (Lipinski definition) is 2. The highest BCUT2D eigenvalue weighted by molar-refractivity contribution is 6.34. The van der Waals surface area contributed by atoms with Crippen LogP contribution in [0.5, 0.6) is 11.5 Å². The van der Waals surface area contributed by atoms with Gasteiger partial charge in [-0.25, -0.2) is 0 Å². The molecular formula is C29H27N3O5. The molecule has 1 aromatic heterocycles. The van der Waals surface area contributed by atoms with E-state index in [-0.39, 0.29) is 51.6 Å². The Balaban J connectivity index is 1.78. The molecule has 1 heterocycles. The van der Waals surface area contributed by atoms with Crippen molar-refractivity contribution < 1.29 is 24.2 Å². The third kappa shape index (κ3) is 4.05. The van der Waals surface area contributed by atoms with Crippen molar-refractivity contribution in [3.63, 3.8) is 0 Å². The minimum atomic E-state index is -0.513. The zero-order valence-corrected chi connectivity index (χ0v) is 20.9. The zero-order valence-electron chi connectivity index (χ0n) is 20.9. The highest BCUT2D eigenvalue weighted by Crippen LogP contribution is 2.40. The average Bonchev–Trinajstić information content (AvgIpc) is 3.21. The topological polar surface area (TPSA) is 101 Å². The van der Waals surface area contributed by atoms with Gasteiger partial charge in [0.2, 0.25) is 5.78 Å². The molecule has 0 unspecified atom stereocenters. The molecule has 37 heavy (non-hydrogen) atoms. The third-order valence-corrected chi connectivity index (χ3v) is 6.66. The van der Waals surface area contributed by atoms with Crippen LogP contribution in [0.3, 0.4) is 0 Å². The van der Waals surface area contributed by atoms with E-state index in [4.69, 9.17) is 4.74 Å². The number of ketones is 2. The number of phenolic OH excluding ortho intramolecular Hbond substituents is 1. The number of para-hydroxylation sites is 1. The molecule has 1 aliphatic rings. The van der Waals surface area contributed by atoms with Crippen molar-refractivity contribution in [2.45, 2.75) is 6.54 Å². The Kier molecular flexibility index (Phi) is 6.27. The third-order valence-electron chi connectivity index (χ3n) is 6.66. The fourth-order valence-electron chi connectivity index (χ4n) is 4.91. The van der Waals surface area contributed by atoms with Crippen LogP contribution in [0, 0.1) is 0 Å². The molecule has 1 aliphatic carbocycles. The Bertz CT molecular complexity index is 1570. The molecule has 1 amide bonds. The van der Waals surface area contributed by atoms with E-state index in [0.29, 0.717) is 29.9 Å². The van der Waals surface area contributed by atoms with Gasteiger partial charge in [0.15, 0.2) is 5.78 Å². The Hall–Kier alpha value is -4.43. The Morgan fingerprint density at radius 3 is 2.35 bits per heavy atom. The summed E-state index contributed by atoms with van der Waals surface area (Å²) in [5, 5.41) is 13.9. The van der Waals surface area contributed by atoms with Crippen molar-refractivity contribution in [2.75, 3.05) is 34.3 Å². The minimum Gasteiger partial charge on any atom is -0.507 e. The number of nitrogens with one attached hydrogen (secondary N) is 1. The van der Waals surface area contributed by atoms with Crippen LogP contribution in [0.4, 0.5) is 0 Å². The van der Waals surface area contributed by atoms with Gasteiger partial charge in [0.05, 0.1) is 30.3 Å². The average molecular weight is 498 g/mol. The van der Waals surface area contributed by atoms with E-state index in [1.165, 1.54) is 6.07 Å². The lowest BCUT2D eigenvalue weighted by Crippen LogP contribution is -2.31. The molecule has 0 fully saturated rings. The van der Waals surface area contributed by atoms with Crippen molar-refractivity contribution in [1.29, 1.82) is 0 Å². The smallest absolute Gasteiger partial charge is 0.255 e. The van der Waals surface area contributed by atoms with Gasteiger partial charge >= 0.3 is 0 Å². The lowest BCUT2D eigenvalue weighted by molar-refractivity contribution is 0.0949. The highest BCUT2D eigenvalue weighted by atomic mass is 16.5. The second-order valence-corrected chi connectivity index (χ2v) is 9.24. The summed E-state index contributed by atoms with van der Waals surface area (Å²) in [5.41, 5.74) is 2.19. The molecule has 8 heteroatoms. The molecule has 2 N–H and O–H groups in total. The van der Waals surface area contributed by atoms with Crippen molar-refractivity contribution in [2.24, 2.45) is 0 Å². The number of benzene rings is 3. The van der Waals surface area contributed by atoms with Crippen molar-refractivity contribution in [3.05, 3.63) is 94.2 Å². The summed E-state index contributed by atoms with van der Waals surface area (Å²) in [6.45, 7) is 1.17. The summed E-state index contributed by atoms with van der Waals surface area (Å²) in [6.07, 6.45) is 0. The SMILES string of the molecule is COc1ccccc1Cn1c2c(c3c(C(=O)NCCN(C)C)c(O)ccc31)C(=O)c1ccccc1C2=O. The van der Waals surface area contributed by atoms with Crippen LogP contribution >= 0.6 is 0 Å². The van der Waals surface area contributed by atoms with Gasteiger partial charge in [-0.1, -0.05) is 42.5 Å². The summed E-state index contributed by atoms with van der Waals surface area (Å²) in [6, 6.07) is 17.2. The number of aromatic hydroxyl groups is 1. The van der Waals surface area contributed by atoms with E-state index in [1.807, 2.05) is 43.3 Å². The van der Waals surface area contributed by atoms with E-state index in [1.54, 1.807) is 42.0 Å². The van der Waals surface area contributed by atoms with Crippen molar-refractivity contribution in [1.82, 2.24) is 14.8 Å². The van der Waals surface area contributed by atoms with Gasteiger partial charge in [0, 0.05) is 35.2 Å². The number of carbonyl (C=O) groups is 3. The number of aromatic nitrogens is 1. The van der Waals surface area contributed by atoms with Crippen LogP contribution in [0.25, 0.3) is 10.9 Å². The van der Waals surface area contributed by atoms with Gasteiger partial charge in [-0.3, -0.25) is 14.4 Å². The summed E-state index contributed by atoms with van der Waals surface area (Å²) < 4.78 is 7.27. The fraction of sp³-hybridized carbons (Fsp3) is 0.207. The Morgan fingerprint density at radius 2 is 1.65 bits per heavy atom. The summed E-state index contributed by atoms with van der Waals surface area (Å²) in [7, 11) is 5.35. The largest absolute Gasteiger partial charge is 0.507 e. The Labute approximate surface area is 214 Å². The van der Waals surface area contributed by atoms with E-state index in [2.05, 4.69) is 5.32 Å². The van der Waals surface area contributed by atoms with Crippen LogP contribution in [0.1, 0.15) is 47.9 Å². The normalized spacial score (nSPS) is 12.5. The molecule has 0 saturated carbocycles. The molecule has 8 nitrogen and oxygen atoms in total. The number of nitrogens with zero attached hydrogens (tertiary/aromatic N) is 2. The first kappa shape index (κ1) is 24.3. The van der Waals surface area contributed by atoms with E-state index < -0.39 is 5.91 Å². The highest BCUT2D eigenvalue weighted by Gasteiger charge is 2.37. The molecule has 4 aromatic rings. The predicted molar refractivity (Wildman–Crippen MR) is 140 cm³/mol. The summed E-state index contributed by atoms with van der Waals surface area (Å²) in [5.74, 6) is -0.808. The van der Waals surface area contributed by atoms with Gasteiger partial charge in [-0.05, 0) is 32.3 Å². The molecule has 0 atom stereocenters. The molecule has 0 aliphatic heterocycles. The van der Waals surface area contributed by atoms with E-state index in [9.17, 15) is 19.5 Å². The number of amides is 1. The number of hydrogen-bond acceptors (Lipinski definition) is 6. The first-order chi connectivity index (χ1) is 17.8. The summed E-state index contributed by atoms with van der Waals surface area (Å²) >= 11 is 0. The zero-order chi connectivity index (χ0) is 26.3. The first-order valence-corrected chi connectivity index (χ1v) is 11.9.